The maximum atomic E-state index is 13.2. The predicted octanol–water partition coefficient (Wildman–Crippen LogP) is 5.78. The number of carbonyl (C=O) groups is 3. The van der Waals surface area contributed by atoms with Crippen molar-refractivity contribution < 1.29 is 14.4 Å². The van der Waals surface area contributed by atoms with Crippen LogP contribution >= 0.6 is 0 Å². The van der Waals surface area contributed by atoms with E-state index in [9.17, 15) is 14.4 Å². The molecule has 1 aromatic carbocycles. The third kappa shape index (κ3) is 17.7. The molecule has 7 N–H and O–H groups in total. The largest absolute Gasteiger partial charge is 0.370 e. The third-order valence-corrected chi connectivity index (χ3v) is 7.27. The van der Waals surface area contributed by atoms with Gasteiger partial charge in [-0.25, -0.2) is 0 Å². The number of hydrogen-bond acceptors (Lipinski definition) is 4. The van der Waals surface area contributed by atoms with Crippen LogP contribution in [0.2, 0.25) is 0 Å². The van der Waals surface area contributed by atoms with Crippen molar-refractivity contribution in [3.05, 3.63) is 35.4 Å². The Morgan fingerprint density at radius 1 is 0.690 bits per heavy atom. The average Bonchev–Trinajstić information content (AvgIpc) is 2.96. The monoisotopic (exact) mass is 586 g/mol. The zero-order chi connectivity index (χ0) is 31.0. The molecule has 9 nitrogen and oxygen atoms in total. The van der Waals surface area contributed by atoms with E-state index in [4.69, 9.17) is 11.1 Å². The molecule has 238 valence electrons. The number of hydrogen-bond donors (Lipinski definition) is 6. The van der Waals surface area contributed by atoms with Crippen LogP contribution in [-0.4, -0.2) is 48.9 Å². The second-order valence-electron chi connectivity index (χ2n) is 11.6. The fraction of sp³-hybridized carbons (Fsp3) is 0.697. The predicted molar refractivity (Wildman–Crippen MR) is 173 cm³/mol. The molecule has 0 aliphatic rings. The Morgan fingerprint density at radius 2 is 1.14 bits per heavy atom. The zero-order valence-electron chi connectivity index (χ0n) is 26.5. The summed E-state index contributed by atoms with van der Waals surface area (Å²) in [5.74, 6) is -1.19. The summed E-state index contributed by atoms with van der Waals surface area (Å²) in [6, 6.07) is 5.76. The fourth-order valence-electron chi connectivity index (χ4n) is 4.91. The lowest BCUT2D eigenvalue weighted by Crippen LogP contribution is -2.47. The fourth-order valence-corrected chi connectivity index (χ4v) is 4.91. The smallest absolute Gasteiger partial charge is 0.252 e. The molecule has 9 heteroatoms. The number of benzene rings is 1. The summed E-state index contributed by atoms with van der Waals surface area (Å²) in [4.78, 5) is 38.9. The second kappa shape index (κ2) is 23.5. The second-order valence-corrected chi connectivity index (χ2v) is 11.6. The molecular weight excluding hydrogens is 528 g/mol. The Kier molecular flexibility index (Phi) is 20.6. The van der Waals surface area contributed by atoms with Gasteiger partial charge in [-0.3, -0.25) is 19.8 Å². The van der Waals surface area contributed by atoms with Gasteiger partial charge in [-0.1, -0.05) is 103 Å². The molecule has 0 aromatic heterocycles. The standard InChI is InChI=1S/C33H58N6O3/c1-4-5-6-7-8-9-10-11-12-13-14-15-16-19-24-36-32(42)29(23-20-25-37-33(34)35)39-31(41)28-22-18-17-21-27(28)30(40)38-26(2)3/h17-18,21-22,26,29H,4-16,19-20,23-25H2,1-3H3,(H,36,42)(H,38,40)(H,39,41)(H4,34,35,37)/t29-/m0/s1. The molecule has 0 fully saturated rings. The highest BCUT2D eigenvalue weighted by molar-refractivity contribution is 6.08. The van der Waals surface area contributed by atoms with Crippen LogP contribution in [0.5, 0.6) is 0 Å². The third-order valence-electron chi connectivity index (χ3n) is 7.27. The summed E-state index contributed by atoms with van der Waals surface area (Å²) < 4.78 is 0. The molecule has 3 amide bonds. The lowest BCUT2D eigenvalue weighted by Gasteiger charge is -2.20. The Morgan fingerprint density at radius 3 is 1.62 bits per heavy atom. The minimum absolute atomic E-state index is 0.0733. The first kappa shape index (κ1) is 36.9. The van der Waals surface area contributed by atoms with Gasteiger partial charge in [0.2, 0.25) is 5.91 Å². The van der Waals surface area contributed by atoms with Gasteiger partial charge in [0.05, 0.1) is 11.1 Å². The van der Waals surface area contributed by atoms with E-state index in [0.29, 0.717) is 25.9 Å². The Balaban J connectivity index is 2.45. The van der Waals surface area contributed by atoms with Gasteiger partial charge < -0.3 is 27.0 Å². The van der Waals surface area contributed by atoms with Gasteiger partial charge in [0.1, 0.15) is 6.04 Å². The van der Waals surface area contributed by atoms with Gasteiger partial charge in [0.15, 0.2) is 5.96 Å². The van der Waals surface area contributed by atoms with Gasteiger partial charge in [0, 0.05) is 19.1 Å². The topological polar surface area (TPSA) is 149 Å². The van der Waals surface area contributed by atoms with E-state index in [-0.39, 0.29) is 34.9 Å². The van der Waals surface area contributed by atoms with Crippen molar-refractivity contribution in [3.8, 4) is 0 Å². The van der Waals surface area contributed by atoms with Crippen molar-refractivity contribution >= 4 is 23.7 Å². The van der Waals surface area contributed by atoms with E-state index in [2.05, 4.69) is 28.2 Å². The number of carbonyl (C=O) groups excluding carboxylic acids is 3. The van der Waals surface area contributed by atoms with Crippen LogP contribution < -0.4 is 27.0 Å². The minimum Gasteiger partial charge on any atom is -0.370 e. The number of rotatable bonds is 24. The van der Waals surface area contributed by atoms with E-state index >= 15 is 0 Å². The number of unbranched alkanes of at least 4 members (excludes halogenated alkanes) is 13. The summed E-state index contributed by atoms with van der Waals surface area (Å²) in [6.45, 7) is 6.94. The van der Waals surface area contributed by atoms with Crippen molar-refractivity contribution in [1.82, 2.24) is 21.3 Å². The SMILES string of the molecule is CCCCCCCCCCCCCCCCNC(=O)[C@H](CCCNC(=N)N)NC(=O)c1ccccc1C(=O)NC(C)C. The van der Waals surface area contributed by atoms with Crippen LogP contribution in [0.1, 0.15) is 144 Å². The van der Waals surface area contributed by atoms with Crippen molar-refractivity contribution in [3.63, 3.8) is 0 Å². The summed E-state index contributed by atoms with van der Waals surface area (Å²) in [5.41, 5.74) is 5.85. The van der Waals surface area contributed by atoms with Gasteiger partial charge >= 0.3 is 0 Å². The van der Waals surface area contributed by atoms with Crippen molar-refractivity contribution in [2.75, 3.05) is 13.1 Å². The molecular formula is C33H58N6O3. The van der Waals surface area contributed by atoms with E-state index in [1.54, 1.807) is 24.3 Å². The number of nitrogens with two attached hydrogens (primary N) is 1. The molecule has 0 saturated carbocycles. The highest BCUT2D eigenvalue weighted by atomic mass is 16.2. The first-order valence-corrected chi connectivity index (χ1v) is 16.3. The van der Waals surface area contributed by atoms with Crippen LogP contribution in [-0.2, 0) is 4.79 Å². The lowest BCUT2D eigenvalue weighted by molar-refractivity contribution is -0.123. The molecule has 42 heavy (non-hydrogen) atoms. The van der Waals surface area contributed by atoms with Crippen LogP contribution in [0.15, 0.2) is 24.3 Å². The van der Waals surface area contributed by atoms with Gasteiger partial charge in [-0.05, 0) is 45.2 Å². The molecule has 0 aliphatic carbocycles. The Bertz CT molecular complexity index is 921. The van der Waals surface area contributed by atoms with E-state index in [1.807, 2.05) is 13.8 Å². The molecule has 1 atom stereocenters. The van der Waals surface area contributed by atoms with Crippen molar-refractivity contribution in [2.45, 2.75) is 136 Å². The van der Waals surface area contributed by atoms with E-state index < -0.39 is 11.9 Å². The molecule has 0 unspecified atom stereocenters. The number of guanidine groups is 1. The molecule has 0 radical (unpaired) electrons. The van der Waals surface area contributed by atoms with Crippen LogP contribution in [0, 0.1) is 5.41 Å². The maximum Gasteiger partial charge on any atom is 0.252 e. The van der Waals surface area contributed by atoms with Crippen molar-refractivity contribution in [1.29, 1.82) is 5.41 Å². The minimum atomic E-state index is -0.765. The maximum absolute atomic E-state index is 13.2. The molecule has 1 rings (SSSR count). The molecule has 1 aromatic rings. The van der Waals surface area contributed by atoms with Crippen molar-refractivity contribution in [2.24, 2.45) is 5.73 Å². The van der Waals surface area contributed by atoms with Gasteiger partial charge in [-0.2, -0.15) is 0 Å². The first-order valence-electron chi connectivity index (χ1n) is 16.3. The first-order chi connectivity index (χ1) is 20.3. The van der Waals surface area contributed by atoms with Crippen LogP contribution in [0.3, 0.4) is 0 Å². The normalized spacial score (nSPS) is 11.6. The quantitative estimate of drug-likeness (QED) is 0.0515. The summed E-state index contributed by atoms with van der Waals surface area (Å²) in [7, 11) is 0. The molecule has 0 heterocycles. The Labute approximate surface area is 254 Å². The van der Waals surface area contributed by atoms with Gasteiger partial charge in [-0.15, -0.1) is 0 Å². The molecule has 0 saturated heterocycles. The summed E-state index contributed by atoms with van der Waals surface area (Å²) in [6.07, 6.45) is 18.8. The molecule has 0 bridgehead atoms. The molecule has 0 aliphatic heterocycles. The van der Waals surface area contributed by atoms with Crippen LogP contribution in [0.4, 0.5) is 0 Å². The lowest BCUT2D eigenvalue weighted by atomic mass is 10.0. The average molecular weight is 587 g/mol. The summed E-state index contributed by atoms with van der Waals surface area (Å²) in [5, 5.41) is 18.7. The highest BCUT2D eigenvalue weighted by Crippen LogP contribution is 2.13. The Hall–Kier alpha value is -3.10. The van der Waals surface area contributed by atoms with Crippen LogP contribution in [0.25, 0.3) is 0 Å². The van der Waals surface area contributed by atoms with E-state index in [0.717, 1.165) is 12.8 Å². The summed E-state index contributed by atoms with van der Waals surface area (Å²) >= 11 is 0. The molecule has 0 spiro atoms. The number of amides is 3. The highest BCUT2D eigenvalue weighted by Gasteiger charge is 2.24. The zero-order valence-corrected chi connectivity index (χ0v) is 26.5. The number of nitrogens with one attached hydrogen (secondary N) is 5. The van der Waals surface area contributed by atoms with Gasteiger partial charge in [0.25, 0.3) is 11.8 Å². The van der Waals surface area contributed by atoms with E-state index in [1.165, 1.54) is 77.0 Å².